The van der Waals surface area contributed by atoms with Crippen LogP contribution in [0.3, 0.4) is 0 Å². The fraction of sp³-hybridized carbons (Fsp3) is 0.455. The van der Waals surface area contributed by atoms with Gasteiger partial charge >= 0.3 is 0 Å². The molecule has 1 aliphatic carbocycles. The summed E-state index contributed by atoms with van der Waals surface area (Å²) >= 11 is 1.72. The number of thiophene rings is 1. The predicted octanol–water partition coefficient (Wildman–Crippen LogP) is 4.57. The van der Waals surface area contributed by atoms with Gasteiger partial charge in [-0.05, 0) is 56.2 Å². The van der Waals surface area contributed by atoms with Gasteiger partial charge in [-0.25, -0.2) is 9.97 Å². The summed E-state index contributed by atoms with van der Waals surface area (Å²) in [6.07, 6.45) is 7.08. The Morgan fingerprint density at radius 1 is 0.963 bits per heavy atom. The number of fused-ring (bicyclic) bond motifs is 1. The third-order valence-corrected chi connectivity index (χ3v) is 6.80. The molecule has 0 radical (unpaired) electrons. The highest BCUT2D eigenvalue weighted by Gasteiger charge is 2.25. The Hall–Kier alpha value is -1.98. The fourth-order valence-corrected chi connectivity index (χ4v) is 5.00. The van der Waals surface area contributed by atoms with E-state index in [0.29, 0.717) is 0 Å². The van der Waals surface area contributed by atoms with E-state index in [4.69, 9.17) is 4.98 Å². The normalized spacial score (nSPS) is 18.3. The minimum absolute atomic E-state index is 0.799. The number of aromatic nitrogens is 2. The van der Waals surface area contributed by atoms with Crippen LogP contribution in [0.25, 0.3) is 21.3 Å². The van der Waals surface area contributed by atoms with E-state index < -0.39 is 0 Å². The van der Waals surface area contributed by atoms with E-state index in [1.165, 1.54) is 55.3 Å². The van der Waals surface area contributed by atoms with Crippen LogP contribution in [0.1, 0.15) is 25.7 Å². The number of benzene rings is 1. The van der Waals surface area contributed by atoms with Gasteiger partial charge in [0, 0.05) is 24.0 Å². The molecule has 0 spiro atoms. The Kier molecular flexibility index (Phi) is 4.80. The Labute approximate surface area is 164 Å². The summed E-state index contributed by atoms with van der Waals surface area (Å²) in [5.41, 5.74) is 2.51. The smallest absolute Gasteiger partial charge is 0.141 e. The molecule has 1 aliphatic heterocycles. The van der Waals surface area contributed by atoms with Crippen LogP contribution in [0.5, 0.6) is 0 Å². The summed E-state index contributed by atoms with van der Waals surface area (Å²) < 4.78 is 0. The number of hydrogen-bond acceptors (Lipinski definition) is 5. The van der Waals surface area contributed by atoms with Gasteiger partial charge in [0.2, 0.25) is 0 Å². The first-order valence-electron chi connectivity index (χ1n) is 10.1. The Bertz CT molecular complexity index is 895. The van der Waals surface area contributed by atoms with E-state index in [9.17, 15) is 0 Å². The van der Waals surface area contributed by atoms with Crippen molar-refractivity contribution in [2.45, 2.75) is 25.7 Å². The van der Waals surface area contributed by atoms with E-state index in [0.717, 1.165) is 35.6 Å². The molecule has 27 heavy (non-hydrogen) atoms. The van der Waals surface area contributed by atoms with E-state index in [1.807, 2.05) is 0 Å². The number of nitrogens with one attached hydrogen (secondary N) is 1. The molecule has 5 heteroatoms. The molecule has 2 aromatic heterocycles. The molecule has 1 aromatic carbocycles. The van der Waals surface area contributed by atoms with Gasteiger partial charge in [-0.1, -0.05) is 30.3 Å². The minimum Gasteiger partial charge on any atom is -0.356 e. The van der Waals surface area contributed by atoms with Crippen molar-refractivity contribution in [2.24, 2.45) is 11.8 Å². The SMILES string of the molecule is c1ccc(-c2csc3ncnc(N4CCC(CNCC5CC5)CC4)c23)cc1. The largest absolute Gasteiger partial charge is 0.356 e. The monoisotopic (exact) mass is 378 g/mol. The highest BCUT2D eigenvalue weighted by atomic mass is 32.1. The molecule has 1 saturated carbocycles. The van der Waals surface area contributed by atoms with Gasteiger partial charge in [-0.2, -0.15) is 0 Å². The molecule has 2 aliphatic rings. The molecule has 3 aromatic rings. The van der Waals surface area contributed by atoms with Crippen molar-refractivity contribution in [1.29, 1.82) is 0 Å². The average Bonchev–Trinajstić information content (AvgIpc) is 3.45. The molecule has 1 N–H and O–H groups in total. The lowest BCUT2D eigenvalue weighted by Crippen LogP contribution is -2.38. The highest BCUT2D eigenvalue weighted by molar-refractivity contribution is 7.17. The third-order valence-electron chi connectivity index (χ3n) is 5.91. The molecular weight excluding hydrogens is 352 g/mol. The maximum Gasteiger partial charge on any atom is 0.141 e. The summed E-state index contributed by atoms with van der Waals surface area (Å²) in [7, 11) is 0. The van der Waals surface area contributed by atoms with E-state index in [-0.39, 0.29) is 0 Å². The van der Waals surface area contributed by atoms with E-state index >= 15 is 0 Å². The number of rotatable bonds is 6. The zero-order valence-electron chi connectivity index (χ0n) is 15.6. The van der Waals surface area contributed by atoms with Gasteiger partial charge in [0.1, 0.15) is 17.0 Å². The van der Waals surface area contributed by atoms with Crippen molar-refractivity contribution in [3.05, 3.63) is 42.0 Å². The summed E-state index contributed by atoms with van der Waals surface area (Å²) in [4.78, 5) is 12.8. The van der Waals surface area contributed by atoms with Gasteiger partial charge in [0.05, 0.1) is 5.39 Å². The Morgan fingerprint density at radius 2 is 1.70 bits per heavy atom. The maximum absolute atomic E-state index is 4.71. The van der Waals surface area contributed by atoms with E-state index in [2.05, 4.69) is 50.9 Å². The van der Waals surface area contributed by atoms with Crippen molar-refractivity contribution < 1.29 is 0 Å². The average molecular weight is 379 g/mol. The minimum atomic E-state index is 0.799. The predicted molar refractivity (Wildman–Crippen MR) is 113 cm³/mol. The van der Waals surface area contributed by atoms with Crippen LogP contribution >= 0.6 is 11.3 Å². The van der Waals surface area contributed by atoms with Crippen molar-refractivity contribution in [3.63, 3.8) is 0 Å². The zero-order valence-corrected chi connectivity index (χ0v) is 16.4. The lowest BCUT2D eigenvalue weighted by atomic mass is 9.96. The van der Waals surface area contributed by atoms with Crippen molar-refractivity contribution in [3.8, 4) is 11.1 Å². The van der Waals surface area contributed by atoms with Crippen molar-refractivity contribution in [1.82, 2.24) is 15.3 Å². The lowest BCUT2D eigenvalue weighted by molar-refractivity contribution is 0.380. The second-order valence-electron chi connectivity index (χ2n) is 7.92. The quantitative estimate of drug-likeness (QED) is 0.682. The molecular formula is C22H26N4S. The summed E-state index contributed by atoms with van der Waals surface area (Å²) in [5, 5.41) is 7.14. The standard InChI is InChI=1S/C22H26N4S/c1-2-4-18(5-3-1)19-14-27-22-20(19)21(24-15-25-22)26-10-8-17(9-11-26)13-23-12-16-6-7-16/h1-5,14-17,23H,6-13H2. The first-order chi connectivity index (χ1) is 13.4. The van der Waals surface area contributed by atoms with Crippen LogP contribution in [0.4, 0.5) is 5.82 Å². The summed E-state index contributed by atoms with van der Waals surface area (Å²) in [5.74, 6) is 2.88. The third kappa shape index (κ3) is 3.71. The number of piperidine rings is 1. The topological polar surface area (TPSA) is 41.1 Å². The van der Waals surface area contributed by atoms with Gasteiger partial charge in [-0.15, -0.1) is 11.3 Å². The van der Waals surface area contributed by atoms with Crippen LogP contribution in [0.15, 0.2) is 42.0 Å². The maximum atomic E-state index is 4.71. The van der Waals surface area contributed by atoms with Crippen LogP contribution in [-0.2, 0) is 0 Å². The first kappa shape index (κ1) is 17.1. The molecule has 5 rings (SSSR count). The molecule has 2 fully saturated rings. The number of anilines is 1. The molecule has 0 bridgehead atoms. The van der Waals surface area contributed by atoms with Crippen LogP contribution in [0, 0.1) is 11.8 Å². The van der Waals surface area contributed by atoms with Gasteiger partial charge < -0.3 is 10.2 Å². The Morgan fingerprint density at radius 3 is 2.44 bits per heavy atom. The van der Waals surface area contributed by atoms with Gasteiger partial charge in [-0.3, -0.25) is 0 Å². The fourth-order valence-electron chi connectivity index (χ4n) is 4.09. The lowest BCUT2D eigenvalue weighted by Gasteiger charge is -2.33. The van der Waals surface area contributed by atoms with Gasteiger partial charge in [0.15, 0.2) is 0 Å². The molecule has 140 valence electrons. The van der Waals surface area contributed by atoms with Gasteiger partial charge in [0.25, 0.3) is 0 Å². The van der Waals surface area contributed by atoms with Crippen molar-refractivity contribution in [2.75, 3.05) is 31.1 Å². The molecule has 4 nitrogen and oxygen atoms in total. The molecule has 0 unspecified atom stereocenters. The van der Waals surface area contributed by atoms with E-state index in [1.54, 1.807) is 17.7 Å². The van der Waals surface area contributed by atoms with Crippen LogP contribution < -0.4 is 10.2 Å². The summed E-state index contributed by atoms with van der Waals surface area (Å²) in [6.45, 7) is 4.58. The Balaban J connectivity index is 1.34. The second-order valence-corrected chi connectivity index (χ2v) is 8.78. The molecule has 3 heterocycles. The molecule has 0 amide bonds. The number of hydrogen-bond donors (Lipinski definition) is 1. The first-order valence-corrected chi connectivity index (χ1v) is 11.0. The van der Waals surface area contributed by atoms with Crippen LogP contribution in [-0.4, -0.2) is 36.1 Å². The summed E-state index contributed by atoms with van der Waals surface area (Å²) in [6, 6.07) is 10.6. The molecule has 0 atom stereocenters. The second kappa shape index (κ2) is 7.56. The molecule has 1 saturated heterocycles. The van der Waals surface area contributed by atoms with Crippen molar-refractivity contribution >= 4 is 27.4 Å². The zero-order chi connectivity index (χ0) is 18.1. The number of nitrogens with zero attached hydrogens (tertiary/aromatic N) is 3. The highest BCUT2D eigenvalue weighted by Crippen LogP contribution is 2.38. The van der Waals surface area contributed by atoms with Crippen LogP contribution in [0.2, 0.25) is 0 Å².